The predicted octanol–water partition coefficient (Wildman–Crippen LogP) is 2.30. The lowest BCUT2D eigenvalue weighted by atomic mass is 10.1. The summed E-state index contributed by atoms with van der Waals surface area (Å²) in [5.74, 6) is 0.606. The molecule has 2 aromatic heterocycles. The summed E-state index contributed by atoms with van der Waals surface area (Å²) in [4.78, 5) is 38.5. The Kier molecular flexibility index (Phi) is 5.65. The molecule has 3 aromatic rings. The molecular weight excluding hydrogens is 463 g/mol. The van der Waals surface area contributed by atoms with Crippen molar-refractivity contribution in [3.63, 3.8) is 0 Å². The summed E-state index contributed by atoms with van der Waals surface area (Å²) in [5.41, 5.74) is 1.18. The van der Waals surface area contributed by atoms with Gasteiger partial charge in [-0.05, 0) is 24.6 Å². The highest BCUT2D eigenvalue weighted by atomic mass is 19.4. The number of amides is 1. The van der Waals surface area contributed by atoms with Gasteiger partial charge in [0.1, 0.15) is 6.04 Å². The lowest BCUT2D eigenvalue weighted by molar-refractivity contribution is -0.138. The van der Waals surface area contributed by atoms with E-state index in [1.54, 1.807) is 22.8 Å². The maximum absolute atomic E-state index is 13.6. The van der Waals surface area contributed by atoms with Crippen molar-refractivity contribution in [2.45, 2.75) is 25.6 Å². The van der Waals surface area contributed by atoms with Crippen molar-refractivity contribution in [1.29, 1.82) is 0 Å². The second kappa shape index (κ2) is 8.67. The Morgan fingerprint density at radius 1 is 1.09 bits per heavy atom. The number of aromatic amines is 1. The third-order valence-electron chi connectivity index (χ3n) is 6.32. The normalized spacial score (nSPS) is 18.1. The zero-order valence-electron chi connectivity index (χ0n) is 18.8. The van der Waals surface area contributed by atoms with Crippen molar-refractivity contribution in [3.05, 3.63) is 69.8 Å². The average molecular weight is 485 g/mol. The molecule has 9 nitrogen and oxygen atoms in total. The van der Waals surface area contributed by atoms with Crippen LogP contribution in [0.3, 0.4) is 0 Å². The van der Waals surface area contributed by atoms with Gasteiger partial charge in [0, 0.05) is 56.2 Å². The second-order valence-corrected chi connectivity index (χ2v) is 8.54. The molecule has 0 saturated carbocycles. The van der Waals surface area contributed by atoms with E-state index < -0.39 is 17.8 Å². The van der Waals surface area contributed by atoms with Gasteiger partial charge >= 0.3 is 6.18 Å². The van der Waals surface area contributed by atoms with Gasteiger partial charge in [0.15, 0.2) is 5.82 Å². The Labute approximate surface area is 198 Å². The van der Waals surface area contributed by atoms with Gasteiger partial charge in [-0.15, -0.1) is 0 Å². The fraction of sp³-hybridized carbons (Fsp3) is 0.348. The van der Waals surface area contributed by atoms with Gasteiger partial charge < -0.3 is 14.7 Å². The first kappa shape index (κ1) is 22.8. The maximum atomic E-state index is 13.6. The minimum absolute atomic E-state index is 0.0835. The number of carbonyl (C=O) groups excluding carboxylic acids is 1. The summed E-state index contributed by atoms with van der Waals surface area (Å²) in [7, 11) is 0. The van der Waals surface area contributed by atoms with Crippen LogP contribution in [-0.2, 0) is 17.4 Å². The number of hydrogen-bond donors (Lipinski definition) is 1. The van der Waals surface area contributed by atoms with Gasteiger partial charge in [0.25, 0.3) is 5.56 Å². The number of aryl methyl sites for hydroxylation is 1. The molecule has 1 aromatic carbocycles. The van der Waals surface area contributed by atoms with Crippen LogP contribution in [0.2, 0.25) is 0 Å². The molecule has 2 aliphatic heterocycles. The van der Waals surface area contributed by atoms with Gasteiger partial charge in [0.05, 0.1) is 5.56 Å². The third kappa shape index (κ3) is 4.31. The van der Waals surface area contributed by atoms with Crippen LogP contribution >= 0.6 is 0 Å². The molecule has 5 rings (SSSR count). The molecule has 0 unspecified atom stereocenters. The molecule has 2 aliphatic rings. The molecule has 182 valence electrons. The second-order valence-electron chi connectivity index (χ2n) is 8.54. The third-order valence-corrected chi connectivity index (χ3v) is 6.32. The lowest BCUT2D eigenvalue weighted by Gasteiger charge is -2.37. The summed E-state index contributed by atoms with van der Waals surface area (Å²) in [6.45, 7) is 3.23. The van der Waals surface area contributed by atoms with E-state index in [-0.39, 0.29) is 17.4 Å². The van der Waals surface area contributed by atoms with Gasteiger partial charge in [-0.1, -0.05) is 18.2 Å². The van der Waals surface area contributed by atoms with Crippen LogP contribution in [0.5, 0.6) is 0 Å². The van der Waals surface area contributed by atoms with E-state index in [1.165, 1.54) is 0 Å². The number of aromatic nitrogens is 4. The zero-order valence-corrected chi connectivity index (χ0v) is 18.8. The minimum atomic E-state index is -4.49. The van der Waals surface area contributed by atoms with Crippen LogP contribution in [0.15, 0.2) is 47.5 Å². The Balaban J connectivity index is 1.33. The Bertz CT molecular complexity index is 1300. The van der Waals surface area contributed by atoms with E-state index in [0.717, 1.165) is 23.6 Å². The van der Waals surface area contributed by atoms with Gasteiger partial charge in [0.2, 0.25) is 11.9 Å². The first-order valence-corrected chi connectivity index (χ1v) is 11.1. The molecule has 1 atom stereocenters. The van der Waals surface area contributed by atoms with E-state index in [4.69, 9.17) is 0 Å². The molecule has 0 radical (unpaired) electrons. The number of H-pyrrole nitrogens is 1. The zero-order chi connectivity index (χ0) is 24.7. The molecule has 1 amide bonds. The average Bonchev–Trinajstić information content (AvgIpc) is 3.24. The number of hydrogen-bond acceptors (Lipinski definition) is 7. The van der Waals surface area contributed by atoms with E-state index >= 15 is 0 Å². The Hall–Kier alpha value is -3.96. The maximum Gasteiger partial charge on any atom is 0.419 e. The Morgan fingerprint density at radius 2 is 1.77 bits per heavy atom. The number of piperazine rings is 1. The van der Waals surface area contributed by atoms with E-state index in [1.807, 2.05) is 29.2 Å². The fourth-order valence-electron chi connectivity index (χ4n) is 4.45. The van der Waals surface area contributed by atoms with E-state index in [9.17, 15) is 22.8 Å². The molecule has 1 N–H and O–H groups in total. The number of carbonyl (C=O) groups is 1. The van der Waals surface area contributed by atoms with Crippen molar-refractivity contribution in [1.82, 2.24) is 25.1 Å². The highest BCUT2D eigenvalue weighted by Gasteiger charge is 2.39. The summed E-state index contributed by atoms with van der Waals surface area (Å²) in [5, 5.41) is 6.68. The smallest absolute Gasteiger partial charge is 0.337 e. The van der Waals surface area contributed by atoms with Crippen LogP contribution in [0.1, 0.15) is 16.7 Å². The quantitative estimate of drug-likeness (QED) is 0.608. The molecule has 4 heterocycles. The number of halogens is 3. The molecular formula is C23H22F3N7O2. The summed E-state index contributed by atoms with van der Waals surface area (Å²) >= 11 is 0. The lowest BCUT2D eigenvalue weighted by Crippen LogP contribution is -2.54. The number of rotatable bonds is 3. The fourth-order valence-corrected chi connectivity index (χ4v) is 4.45. The minimum Gasteiger partial charge on any atom is -0.337 e. The van der Waals surface area contributed by atoms with Crippen LogP contribution in [0.4, 0.5) is 30.6 Å². The van der Waals surface area contributed by atoms with Crippen molar-refractivity contribution in [2.75, 3.05) is 36.0 Å². The van der Waals surface area contributed by atoms with E-state index in [0.29, 0.717) is 44.0 Å². The predicted molar refractivity (Wildman–Crippen MR) is 121 cm³/mol. The molecule has 12 heteroatoms. The number of nitrogens with one attached hydrogen (secondary N) is 1. The molecule has 0 aliphatic carbocycles. The highest BCUT2D eigenvalue weighted by molar-refractivity contribution is 5.91. The number of fused-ring (bicyclic) bond motifs is 1. The molecule has 35 heavy (non-hydrogen) atoms. The van der Waals surface area contributed by atoms with Crippen molar-refractivity contribution >= 4 is 23.4 Å². The van der Waals surface area contributed by atoms with Crippen molar-refractivity contribution < 1.29 is 18.0 Å². The number of para-hydroxylation sites is 1. The number of benzene rings is 1. The number of alkyl halides is 3. The first-order valence-electron chi connectivity index (χ1n) is 11.1. The molecule has 0 spiro atoms. The SMILES string of the molecule is Cc1cc(N2c3ccccc3C[C@H]2C(=O)N2CCN(c3ncc(C(F)(F)F)cn3)CC2)n[nH]c1=O. The van der Waals surface area contributed by atoms with Crippen LogP contribution in [0.25, 0.3) is 0 Å². The Morgan fingerprint density at radius 3 is 2.43 bits per heavy atom. The topological polar surface area (TPSA) is 98.3 Å². The van der Waals surface area contributed by atoms with Gasteiger partial charge in [-0.3, -0.25) is 9.59 Å². The first-order chi connectivity index (χ1) is 16.7. The van der Waals surface area contributed by atoms with Gasteiger partial charge in [-0.2, -0.15) is 18.3 Å². The molecule has 1 fully saturated rings. The summed E-state index contributed by atoms with van der Waals surface area (Å²) < 4.78 is 38.3. The van der Waals surface area contributed by atoms with Crippen molar-refractivity contribution in [3.8, 4) is 0 Å². The van der Waals surface area contributed by atoms with Crippen LogP contribution in [-0.4, -0.2) is 63.2 Å². The summed E-state index contributed by atoms with van der Waals surface area (Å²) in [6.07, 6.45) is -2.45. The monoisotopic (exact) mass is 485 g/mol. The number of anilines is 3. The summed E-state index contributed by atoms with van der Waals surface area (Å²) in [6, 6.07) is 8.83. The van der Waals surface area contributed by atoms with Gasteiger partial charge in [-0.25, -0.2) is 15.1 Å². The molecule has 1 saturated heterocycles. The van der Waals surface area contributed by atoms with Crippen LogP contribution < -0.4 is 15.4 Å². The largest absolute Gasteiger partial charge is 0.419 e. The van der Waals surface area contributed by atoms with Crippen molar-refractivity contribution in [2.24, 2.45) is 0 Å². The highest BCUT2D eigenvalue weighted by Crippen LogP contribution is 2.38. The van der Waals surface area contributed by atoms with Crippen LogP contribution in [0, 0.1) is 6.92 Å². The standard InChI is InChI=1S/C23H22F3N7O2/c1-14-10-19(29-30-20(14)34)33-17-5-3-2-4-15(17)11-18(33)21(35)31-6-8-32(9-7-31)22-27-12-16(13-28-22)23(24,25)26/h2-5,10,12-13,18H,6-9,11H2,1H3,(H,30,34)/t18-/m0/s1. The van der Waals surface area contributed by atoms with E-state index in [2.05, 4.69) is 20.2 Å². The number of nitrogens with zero attached hydrogens (tertiary/aromatic N) is 6. The molecule has 0 bridgehead atoms.